The van der Waals surface area contributed by atoms with Crippen LogP contribution in [0.2, 0.25) is 5.02 Å². The lowest BCUT2D eigenvalue weighted by atomic mass is 9.66. The van der Waals surface area contributed by atoms with Gasteiger partial charge in [0.2, 0.25) is 5.91 Å². The number of carbonyl (C=O) groups excluding carboxylic acids is 1. The van der Waals surface area contributed by atoms with Crippen LogP contribution in [0.5, 0.6) is 0 Å². The number of carboxylic acid groups (broad SMARTS) is 1. The number of likely N-dealkylation sites (tertiary alicyclic amines) is 1. The Bertz CT molecular complexity index is 807. The summed E-state index contributed by atoms with van der Waals surface area (Å²) in [5, 5.41) is 24.6. The zero-order valence-electron chi connectivity index (χ0n) is 20.2. The Morgan fingerprint density at radius 1 is 1.22 bits per heavy atom. The van der Waals surface area contributed by atoms with E-state index in [4.69, 9.17) is 11.6 Å². The van der Waals surface area contributed by atoms with Crippen LogP contribution in [0.4, 0.5) is 0 Å². The largest absolute Gasteiger partial charge is 0.481 e. The molecule has 3 N–H and O–H groups in total. The fourth-order valence-electron chi connectivity index (χ4n) is 4.36. The molecule has 1 amide bonds. The van der Waals surface area contributed by atoms with Crippen LogP contribution in [0, 0.1) is 16.7 Å². The Morgan fingerprint density at radius 3 is 2.31 bits per heavy atom. The van der Waals surface area contributed by atoms with Gasteiger partial charge in [-0.15, -0.1) is 0 Å². The summed E-state index contributed by atoms with van der Waals surface area (Å²) in [7, 11) is 0. The molecule has 0 aliphatic carbocycles. The molecule has 6 nitrogen and oxygen atoms in total. The van der Waals surface area contributed by atoms with Gasteiger partial charge >= 0.3 is 5.97 Å². The molecule has 0 unspecified atom stereocenters. The fraction of sp³-hybridized carbons (Fsp3) is 0.680. The van der Waals surface area contributed by atoms with Crippen molar-refractivity contribution >= 4 is 23.5 Å². The SMILES string of the molecule is CC(C)[C@H](CN1CC[C@](O)(c2ccc(Cl)cc2)C(C)(C)C1)NC(=O)CCC(C)(C)C(=O)O. The highest BCUT2D eigenvalue weighted by Gasteiger charge is 2.48. The molecule has 2 atom stereocenters. The highest BCUT2D eigenvalue weighted by molar-refractivity contribution is 6.30. The van der Waals surface area contributed by atoms with Crippen molar-refractivity contribution in [2.75, 3.05) is 19.6 Å². The van der Waals surface area contributed by atoms with E-state index in [1.54, 1.807) is 13.8 Å². The number of aliphatic carboxylic acids is 1. The van der Waals surface area contributed by atoms with E-state index in [2.05, 4.69) is 37.9 Å². The van der Waals surface area contributed by atoms with Gasteiger partial charge in [0.05, 0.1) is 11.0 Å². The van der Waals surface area contributed by atoms with Gasteiger partial charge in [0, 0.05) is 42.5 Å². The van der Waals surface area contributed by atoms with Crippen molar-refractivity contribution in [2.24, 2.45) is 16.7 Å². The number of halogens is 1. The second-order valence-electron chi connectivity index (χ2n) is 10.8. The quantitative estimate of drug-likeness (QED) is 0.505. The summed E-state index contributed by atoms with van der Waals surface area (Å²) >= 11 is 6.03. The van der Waals surface area contributed by atoms with Crippen molar-refractivity contribution in [3.63, 3.8) is 0 Å². The zero-order valence-corrected chi connectivity index (χ0v) is 21.0. The lowest BCUT2D eigenvalue weighted by Gasteiger charge is -2.51. The van der Waals surface area contributed by atoms with E-state index >= 15 is 0 Å². The third-order valence-corrected chi connectivity index (χ3v) is 7.26. The number of benzene rings is 1. The molecule has 0 bridgehead atoms. The maximum atomic E-state index is 12.5. The van der Waals surface area contributed by atoms with Crippen molar-refractivity contribution in [3.8, 4) is 0 Å². The number of nitrogens with zero attached hydrogens (tertiary/aromatic N) is 1. The lowest BCUT2D eigenvalue weighted by Crippen LogP contribution is -2.58. The molecule has 32 heavy (non-hydrogen) atoms. The minimum Gasteiger partial charge on any atom is -0.481 e. The van der Waals surface area contributed by atoms with Crippen molar-refractivity contribution < 1.29 is 19.8 Å². The molecular weight excluding hydrogens is 428 g/mol. The summed E-state index contributed by atoms with van der Waals surface area (Å²) in [4.78, 5) is 26.1. The van der Waals surface area contributed by atoms with Gasteiger partial charge in [0.1, 0.15) is 0 Å². The third kappa shape index (κ3) is 6.24. The van der Waals surface area contributed by atoms with Crippen LogP contribution in [-0.2, 0) is 15.2 Å². The van der Waals surface area contributed by atoms with Crippen molar-refractivity contribution in [2.45, 2.75) is 72.4 Å². The van der Waals surface area contributed by atoms with Gasteiger partial charge in [-0.25, -0.2) is 0 Å². The van der Waals surface area contributed by atoms with Crippen LogP contribution in [0.1, 0.15) is 66.4 Å². The molecular formula is C25H39ClN2O4. The number of carboxylic acids is 1. The maximum absolute atomic E-state index is 12.5. The van der Waals surface area contributed by atoms with Gasteiger partial charge in [-0.2, -0.15) is 0 Å². The monoisotopic (exact) mass is 466 g/mol. The van der Waals surface area contributed by atoms with Crippen LogP contribution in [-0.4, -0.2) is 52.7 Å². The number of aliphatic hydroxyl groups is 1. The second-order valence-corrected chi connectivity index (χ2v) is 11.3. The molecule has 0 radical (unpaired) electrons. The van der Waals surface area contributed by atoms with Crippen LogP contribution in [0.25, 0.3) is 0 Å². The van der Waals surface area contributed by atoms with E-state index in [9.17, 15) is 19.8 Å². The minimum atomic E-state index is -0.951. The van der Waals surface area contributed by atoms with Crippen molar-refractivity contribution in [1.29, 1.82) is 0 Å². The summed E-state index contributed by atoms with van der Waals surface area (Å²) in [5.41, 5.74) is -1.39. The van der Waals surface area contributed by atoms with Crippen LogP contribution >= 0.6 is 11.6 Å². The number of hydrogen-bond donors (Lipinski definition) is 3. The predicted octanol–water partition coefficient (Wildman–Crippen LogP) is 4.29. The van der Waals surface area contributed by atoms with Gasteiger partial charge in [0.15, 0.2) is 0 Å². The van der Waals surface area contributed by atoms with Gasteiger partial charge in [-0.05, 0) is 50.3 Å². The lowest BCUT2D eigenvalue weighted by molar-refractivity contribution is -0.147. The highest BCUT2D eigenvalue weighted by Crippen LogP contribution is 2.46. The normalized spacial score (nSPS) is 22.5. The number of carbonyl (C=O) groups is 2. The van der Waals surface area contributed by atoms with Crippen LogP contribution < -0.4 is 5.32 Å². The standard InChI is InChI=1S/C25H39ClN2O4/c1-17(2)20(27-21(29)11-12-23(3,4)22(30)31)15-28-14-13-25(32,24(5,6)16-28)18-7-9-19(26)10-8-18/h7-10,17,20,32H,11-16H2,1-6H3,(H,27,29)(H,30,31)/t20-,25-/m0/s1. The van der Waals surface area contributed by atoms with Gasteiger partial charge < -0.3 is 20.4 Å². The summed E-state index contributed by atoms with van der Waals surface area (Å²) in [6, 6.07) is 7.37. The Labute approximate surface area is 197 Å². The smallest absolute Gasteiger partial charge is 0.309 e. The average molecular weight is 467 g/mol. The Balaban J connectivity index is 2.02. The van der Waals surface area contributed by atoms with Gasteiger partial charge in [-0.1, -0.05) is 51.4 Å². The summed E-state index contributed by atoms with van der Waals surface area (Å²) < 4.78 is 0. The number of amides is 1. The molecule has 0 aromatic heterocycles. The molecule has 1 aliphatic heterocycles. The molecule has 7 heteroatoms. The van der Waals surface area contributed by atoms with E-state index in [0.29, 0.717) is 37.5 Å². The summed E-state index contributed by atoms with van der Waals surface area (Å²) in [6.07, 6.45) is 1.07. The first-order chi connectivity index (χ1) is 14.7. The second kappa shape index (κ2) is 10.1. The zero-order chi connectivity index (χ0) is 24.3. The van der Waals surface area contributed by atoms with E-state index < -0.39 is 22.4 Å². The fourth-order valence-corrected chi connectivity index (χ4v) is 4.48. The first kappa shape index (κ1) is 26.6. The van der Waals surface area contributed by atoms with Gasteiger partial charge in [0.25, 0.3) is 0 Å². The predicted molar refractivity (Wildman–Crippen MR) is 128 cm³/mol. The molecule has 1 aliphatic rings. The summed E-state index contributed by atoms with van der Waals surface area (Å²) in [6.45, 7) is 13.7. The topological polar surface area (TPSA) is 89.9 Å². The molecule has 1 aromatic rings. The van der Waals surface area contributed by atoms with Crippen molar-refractivity contribution in [3.05, 3.63) is 34.9 Å². The average Bonchev–Trinajstić information content (AvgIpc) is 2.69. The van der Waals surface area contributed by atoms with Crippen LogP contribution in [0.3, 0.4) is 0 Å². The number of rotatable bonds is 9. The van der Waals surface area contributed by atoms with Crippen molar-refractivity contribution in [1.82, 2.24) is 10.2 Å². The number of nitrogens with one attached hydrogen (secondary N) is 1. The third-order valence-electron chi connectivity index (χ3n) is 7.01. The highest BCUT2D eigenvalue weighted by atomic mass is 35.5. The molecule has 1 aromatic carbocycles. The molecule has 0 saturated carbocycles. The summed E-state index contributed by atoms with van der Waals surface area (Å²) in [5.74, 6) is -0.784. The molecule has 2 rings (SSSR count). The Kier molecular flexibility index (Phi) is 8.41. The van der Waals surface area contributed by atoms with E-state index in [1.807, 2.05) is 24.3 Å². The van der Waals surface area contributed by atoms with E-state index in [-0.39, 0.29) is 24.3 Å². The molecule has 1 saturated heterocycles. The Hall–Kier alpha value is -1.63. The molecule has 1 fully saturated rings. The first-order valence-corrected chi connectivity index (χ1v) is 11.8. The minimum absolute atomic E-state index is 0.0482. The van der Waals surface area contributed by atoms with E-state index in [0.717, 1.165) is 5.56 Å². The first-order valence-electron chi connectivity index (χ1n) is 11.4. The van der Waals surface area contributed by atoms with E-state index in [1.165, 1.54) is 0 Å². The maximum Gasteiger partial charge on any atom is 0.309 e. The molecule has 0 spiro atoms. The molecule has 180 valence electrons. The molecule has 1 heterocycles. The number of piperidine rings is 1. The number of hydrogen-bond acceptors (Lipinski definition) is 4. The Morgan fingerprint density at radius 2 is 1.81 bits per heavy atom. The van der Waals surface area contributed by atoms with Crippen LogP contribution in [0.15, 0.2) is 24.3 Å². The van der Waals surface area contributed by atoms with Gasteiger partial charge in [-0.3, -0.25) is 9.59 Å².